The predicted octanol–water partition coefficient (Wildman–Crippen LogP) is 2.72. The Kier molecular flexibility index (Phi) is 4.35. The maximum absolute atomic E-state index is 13.0. The third-order valence-corrected chi connectivity index (χ3v) is 4.89. The van der Waals surface area contributed by atoms with Gasteiger partial charge in [-0.15, -0.1) is 0 Å². The van der Waals surface area contributed by atoms with Crippen molar-refractivity contribution in [2.45, 2.75) is 25.8 Å². The molecule has 0 N–H and O–H groups in total. The summed E-state index contributed by atoms with van der Waals surface area (Å²) >= 11 is 0. The van der Waals surface area contributed by atoms with Crippen LogP contribution in [0.3, 0.4) is 0 Å². The van der Waals surface area contributed by atoms with Crippen LogP contribution in [0.4, 0.5) is 0 Å². The molecule has 3 heterocycles. The van der Waals surface area contributed by atoms with Gasteiger partial charge in [-0.1, -0.05) is 17.3 Å². The minimum Gasteiger partial charge on any atom is -0.361 e. The maximum atomic E-state index is 13.0. The molecular formula is C20H20N4O3. The van der Waals surface area contributed by atoms with Crippen molar-refractivity contribution in [1.29, 1.82) is 0 Å². The monoisotopic (exact) mass is 364 g/mol. The molecule has 2 aromatic heterocycles. The van der Waals surface area contributed by atoms with Gasteiger partial charge < -0.3 is 9.42 Å². The quantitative estimate of drug-likeness (QED) is 0.714. The number of amides is 1. The van der Waals surface area contributed by atoms with Crippen molar-refractivity contribution in [2.75, 3.05) is 6.54 Å². The van der Waals surface area contributed by atoms with Gasteiger partial charge in [-0.3, -0.25) is 9.59 Å². The third-order valence-electron chi connectivity index (χ3n) is 4.89. The summed E-state index contributed by atoms with van der Waals surface area (Å²) in [4.78, 5) is 26.3. The van der Waals surface area contributed by atoms with Crippen LogP contribution >= 0.6 is 0 Å². The summed E-state index contributed by atoms with van der Waals surface area (Å²) in [6.07, 6.45) is 1.83. The fourth-order valence-electron chi connectivity index (χ4n) is 3.47. The second-order valence-electron chi connectivity index (χ2n) is 6.78. The zero-order valence-electron chi connectivity index (χ0n) is 15.3. The second kappa shape index (κ2) is 6.83. The van der Waals surface area contributed by atoms with Crippen LogP contribution in [0.15, 0.2) is 51.8 Å². The molecule has 1 aromatic carbocycles. The Labute approximate surface area is 156 Å². The summed E-state index contributed by atoms with van der Waals surface area (Å²) in [6.45, 7) is 2.56. The average molecular weight is 364 g/mol. The molecule has 1 saturated heterocycles. The van der Waals surface area contributed by atoms with Crippen LogP contribution in [0.25, 0.3) is 11.3 Å². The second-order valence-corrected chi connectivity index (χ2v) is 6.78. The standard InChI is InChI=1S/C20H20N4O3/c1-13-12-17(22-27-13)18-4-3-11-24(18)20(26)15-7-5-14(6-8-15)16-9-10-19(25)23(2)21-16/h5-10,12,18H,3-4,11H2,1-2H3/t18-/m1/s1. The molecule has 0 radical (unpaired) electrons. The molecular weight excluding hydrogens is 344 g/mol. The highest BCUT2D eigenvalue weighted by Gasteiger charge is 2.32. The van der Waals surface area contributed by atoms with E-state index in [1.165, 1.54) is 10.7 Å². The van der Waals surface area contributed by atoms with Crippen LogP contribution in [0.1, 0.15) is 40.7 Å². The van der Waals surface area contributed by atoms with E-state index in [0.29, 0.717) is 17.8 Å². The number of hydrogen-bond acceptors (Lipinski definition) is 5. The molecule has 1 amide bonds. The SMILES string of the molecule is Cc1cc([C@H]2CCCN2C(=O)c2ccc(-c3ccc(=O)n(C)n3)cc2)no1. The number of aromatic nitrogens is 3. The van der Waals surface area contributed by atoms with E-state index < -0.39 is 0 Å². The first-order valence-electron chi connectivity index (χ1n) is 8.92. The van der Waals surface area contributed by atoms with E-state index in [0.717, 1.165) is 29.9 Å². The van der Waals surface area contributed by atoms with Crippen molar-refractivity contribution >= 4 is 5.91 Å². The predicted molar refractivity (Wildman–Crippen MR) is 99.2 cm³/mol. The molecule has 27 heavy (non-hydrogen) atoms. The van der Waals surface area contributed by atoms with Crippen LogP contribution in [-0.2, 0) is 7.05 Å². The molecule has 7 heteroatoms. The molecule has 1 atom stereocenters. The van der Waals surface area contributed by atoms with E-state index >= 15 is 0 Å². The highest BCUT2D eigenvalue weighted by Crippen LogP contribution is 2.33. The van der Waals surface area contributed by atoms with Crippen molar-refractivity contribution < 1.29 is 9.32 Å². The number of hydrogen-bond donors (Lipinski definition) is 0. The first-order chi connectivity index (χ1) is 13.0. The van der Waals surface area contributed by atoms with E-state index in [-0.39, 0.29) is 17.5 Å². The first kappa shape index (κ1) is 17.2. The molecule has 1 aliphatic rings. The fraction of sp³-hybridized carbons (Fsp3) is 0.300. The molecule has 1 fully saturated rings. The van der Waals surface area contributed by atoms with Crippen molar-refractivity contribution in [2.24, 2.45) is 7.05 Å². The molecule has 1 aliphatic heterocycles. The van der Waals surface area contributed by atoms with Crippen LogP contribution in [0.5, 0.6) is 0 Å². The Bertz CT molecular complexity index is 1040. The number of nitrogens with zero attached hydrogens (tertiary/aromatic N) is 4. The van der Waals surface area contributed by atoms with Gasteiger partial charge in [0.2, 0.25) is 0 Å². The van der Waals surface area contributed by atoms with Gasteiger partial charge in [0.05, 0.1) is 11.7 Å². The largest absolute Gasteiger partial charge is 0.361 e. The zero-order valence-corrected chi connectivity index (χ0v) is 15.3. The molecule has 0 saturated carbocycles. The summed E-state index contributed by atoms with van der Waals surface area (Å²) in [6, 6.07) is 12.3. The molecule has 3 aromatic rings. The maximum Gasteiger partial charge on any atom is 0.266 e. The molecule has 7 nitrogen and oxygen atoms in total. The van der Waals surface area contributed by atoms with E-state index in [1.807, 2.05) is 30.0 Å². The van der Waals surface area contributed by atoms with E-state index in [9.17, 15) is 9.59 Å². The Balaban J connectivity index is 1.57. The lowest BCUT2D eigenvalue weighted by molar-refractivity contribution is 0.0731. The highest BCUT2D eigenvalue weighted by atomic mass is 16.5. The first-order valence-corrected chi connectivity index (χ1v) is 8.92. The average Bonchev–Trinajstić information content (AvgIpc) is 3.32. The summed E-state index contributed by atoms with van der Waals surface area (Å²) < 4.78 is 6.47. The summed E-state index contributed by atoms with van der Waals surface area (Å²) in [5.74, 6) is 0.733. The third kappa shape index (κ3) is 3.28. The molecule has 0 bridgehead atoms. The summed E-state index contributed by atoms with van der Waals surface area (Å²) in [7, 11) is 1.61. The molecule has 0 aliphatic carbocycles. The van der Waals surface area contributed by atoms with Gasteiger partial charge in [-0.05, 0) is 38.0 Å². The molecule has 0 unspecified atom stereocenters. The van der Waals surface area contributed by atoms with E-state index in [2.05, 4.69) is 10.3 Å². The number of aryl methyl sites for hydroxylation is 2. The van der Waals surface area contributed by atoms with Gasteiger partial charge >= 0.3 is 0 Å². The number of carbonyl (C=O) groups excluding carboxylic acids is 1. The smallest absolute Gasteiger partial charge is 0.266 e. The van der Waals surface area contributed by atoms with E-state index in [1.54, 1.807) is 25.2 Å². The van der Waals surface area contributed by atoms with Crippen molar-refractivity contribution in [3.8, 4) is 11.3 Å². The number of likely N-dealkylation sites (tertiary alicyclic amines) is 1. The van der Waals surface area contributed by atoms with Gasteiger partial charge in [0.15, 0.2) is 0 Å². The fourth-order valence-corrected chi connectivity index (χ4v) is 3.47. The summed E-state index contributed by atoms with van der Waals surface area (Å²) in [5, 5.41) is 8.33. The van der Waals surface area contributed by atoms with Crippen molar-refractivity contribution in [1.82, 2.24) is 19.8 Å². The lowest BCUT2D eigenvalue weighted by atomic mass is 10.1. The zero-order chi connectivity index (χ0) is 19.0. The Hall–Kier alpha value is -3.22. The normalized spacial score (nSPS) is 16.7. The number of rotatable bonds is 3. The summed E-state index contributed by atoms with van der Waals surface area (Å²) in [5.41, 5.74) is 2.81. The lowest BCUT2D eigenvalue weighted by Crippen LogP contribution is -2.30. The minimum absolute atomic E-state index is 0.0156. The van der Waals surface area contributed by atoms with Crippen LogP contribution in [-0.4, -0.2) is 32.3 Å². The Morgan fingerprint density at radius 2 is 1.96 bits per heavy atom. The van der Waals surface area contributed by atoms with Crippen LogP contribution in [0.2, 0.25) is 0 Å². The topological polar surface area (TPSA) is 81.2 Å². The molecule has 4 rings (SSSR count). The van der Waals surface area contributed by atoms with Crippen molar-refractivity contribution in [3.05, 3.63) is 69.8 Å². The lowest BCUT2D eigenvalue weighted by Gasteiger charge is -2.23. The number of benzene rings is 1. The van der Waals surface area contributed by atoms with Gasteiger partial charge in [0.25, 0.3) is 11.5 Å². The number of carbonyl (C=O) groups is 1. The minimum atomic E-state index is -0.159. The molecule has 0 spiro atoms. The highest BCUT2D eigenvalue weighted by molar-refractivity contribution is 5.95. The van der Waals surface area contributed by atoms with Gasteiger partial charge in [0, 0.05) is 36.9 Å². The van der Waals surface area contributed by atoms with Crippen LogP contribution in [0, 0.1) is 6.92 Å². The molecule has 138 valence electrons. The Morgan fingerprint density at radius 3 is 2.63 bits per heavy atom. The van der Waals surface area contributed by atoms with Gasteiger partial charge in [-0.2, -0.15) is 5.10 Å². The Morgan fingerprint density at radius 1 is 1.19 bits per heavy atom. The van der Waals surface area contributed by atoms with Crippen molar-refractivity contribution in [3.63, 3.8) is 0 Å². The van der Waals surface area contributed by atoms with E-state index in [4.69, 9.17) is 4.52 Å². The van der Waals surface area contributed by atoms with Crippen LogP contribution < -0.4 is 5.56 Å². The van der Waals surface area contributed by atoms with Gasteiger partial charge in [0.1, 0.15) is 11.5 Å². The van der Waals surface area contributed by atoms with Gasteiger partial charge in [-0.25, -0.2) is 4.68 Å².